The van der Waals surface area contributed by atoms with Gasteiger partial charge >= 0.3 is 0 Å². The Bertz CT molecular complexity index is 616. The summed E-state index contributed by atoms with van der Waals surface area (Å²) in [7, 11) is 0. The summed E-state index contributed by atoms with van der Waals surface area (Å²) in [4.78, 5) is 14.7. The Hall–Kier alpha value is -1.59. The molecule has 5 nitrogen and oxygen atoms in total. The Morgan fingerprint density at radius 2 is 1.67 bits per heavy atom. The molecule has 0 atom stereocenters. The normalized spacial score (nSPS) is 22.6. The average Bonchev–Trinajstić information content (AvgIpc) is 3.15. The first-order valence-electron chi connectivity index (χ1n) is 9.09. The third-order valence-corrected chi connectivity index (χ3v) is 5.55. The molecule has 0 radical (unpaired) electrons. The molecule has 5 heteroatoms. The van der Waals surface area contributed by atoms with Gasteiger partial charge in [-0.1, -0.05) is 0 Å². The Morgan fingerprint density at radius 3 is 2.33 bits per heavy atom. The third-order valence-electron chi connectivity index (χ3n) is 5.55. The average molecular weight is 331 g/mol. The number of phenolic OH excluding ortho intramolecular Hbond substituents is 1. The monoisotopic (exact) mass is 331 g/mol. The van der Waals surface area contributed by atoms with Crippen LogP contribution in [0.15, 0.2) is 12.1 Å². The van der Waals surface area contributed by atoms with Gasteiger partial charge in [0, 0.05) is 19.0 Å². The lowest BCUT2D eigenvalue weighted by Crippen LogP contribution is -2.41. The van der Waals surface area contributed by atoms with Gasteiger partial charge in [0.15, 0.2) is 6.29 Å². The van der Waals surface area contributed by atoms with Crippen molar-refractivity contribution in [2.75, 3.05) is 26.3 Å². The minimum Gasteiger partial charge on any atom is -0.507 e. The van der Waals surface area contributed by atoms with Gasteiger partial charge in [-0.25, -0.2) is 0 Å². The molecule has 2 aliphatic heterocycles. The van der Waals surface area contributed by atoms with Crippen molar-refractivity contribution in [3.63, 3.8) is 0 Å². The van der Waals surface area contributed by atoms with Gasteiger partial charge in [0.05, 0.1) is 18.8 Å². The molecule has 0 bridgehead atoms. The molecule has 1 N–H and O–H groups in total. The van der Waals surface area contributed by atoms with Crippen LogP contribution in [0.1, 0.15) is 47.2 Å². The van der Waals surface area contributed by atoms with E-state index >= 15 is 0 Å². The predicted molar refractivity (Wildman–Crippen MR) is 89.1 cm³/mol. The van der Waals surface area contributed by atoms with Crippen molar-refractivity contribution in [1.82, 2.24) is 4.90 Å². The lowest BCUT2D eigenvalue weighted by atomic mass is 9.89. The first-order valence-corrected chi connectivity index (χ1v) is 9.09. The Labute approximate surface area is 142 Å². The Morgan fingerprint density at radius 1 is 1.04 bits per heavy atom. The number of piperidine rings is 1. The number of phenols is 1. The van der Waals surface area contributed by atoms with Crippen molar-refractivity contribution in [3.8, 4) is 5.75 Å². The van der Waals surface area contributed by atoms with Crippen molar-refractivity contribution in [3.05, 3.63) is 28.8 Å². The molecular formula is C19H25NO4. The zero-order chi connectivity index (χ0) is 16.5. The van der Waals surface area contributed by atoms with E-state index < -0.39 is 0 Å². The van der Waals surface area contributed by atoms with Gasteiger partial charge in [-0.3, -0.25) is 4.79 Å². The molecule has 1 amide bonds. The molecule has 0 spiro atoms. The molecule has 0 saturated carbocycles. The second-order valence-corrected chi connectivity index (χ2v) is 7.08. The zero-order valence-electron chi connectivity index (χ0n) is 14.0. The molecule has 2 fully saturated rings. The molecule has 0 aromatic heterocycles. The number of rotatable bonds is 2. The first-order chi connectivity index (χ1) is 11.7. The highest BCUT2D eigenvalue weighted by Crippen LogP contribution is 2.31. The van der Waals surface area contributed by atoms with Crippen molar-refractivity contribution < 1.29 is 19.4 Å². The van der Waals surface area contributed by atoms with E-state index in [4.69, 9.17) is 9.47 Å². The van der Waals surface area contributed by atoms with Crippen molar-refractivity contribution in [2.45, 2.75) is 44.8 Å². The Kier molecular flexibility index (Phi) is 4.46. The number of carbonyl (C=O) groups is 1. The molecule has 4 rings (SSSR count). The molecule has 2 heterocycles. The highest BCUT2D eigenvalue weighted by molar-refractivity contribution is 5.97. The fraction of sp³-hybridized carbons (Fsp3) is 0.632. The van der Waals surface area contributed by atoms with E-state index in [2.05, 4.69) is 0 Å². The summed E-state index contributed by atoms with van der Waals surface area (Å²) in [5, 5.41) is 10.3. The fourth-order valence-electron chi connectivity index (χ4n) is 4.14. The van der Waals surface area contributed by atoms with E-state index in [0.29, 0.717) is 37.8 Å². The molecule has 2 saturated heterocycles. The van der Waals surface area contributed by atoms with Gasteiger partial charge in [-0.15, -0.1) is 0 Å². The van der Waals surface area contributed by atoms with Crippen LogP contribution in [-0.2, 0) is 22.3 Å². The second kappa shape index (κ2) is 6.73. The van der Waals surface area contributed by atoms with E-state index in [1.165, 1.54) is 17.5 Å². The number of amides is 1. The van der Waals surface area contributed by atoms with Gasteiger partial charge < -0.3 is 19.5 Å². The van der Waals surface area contributed by atoms with Crippen LogP contribution in [0, 0.1) is 5.92 Å². The number of hydrogen-bond donors (Lipinski definition) is 1. The number of aromatic hydroxyl groups is 1. The summed E-state index contributed by atoms with van der Waals surface area (Å²) < 4.78 is 11.2. The molecule has 3 aliphatic rings. The quantitative estimate of drug-likeness (QED) is 0.904. The second-order valence-electron chi connectivity index (χ2n) is 7.08. The molecule has 0 unspecified atom stereocenters. The van der Waals surface area contributed by atoms with Crippen LogP contribution in [0.2, 0.25) is 0 Å². The number of fused-ring (bicyclic) bond motifs is 1. The maximum absolute atomic E-state index is 12.8. The number of likely N-dealkylation sites (tertiary alicyclic amines) is 1. The van der Waals surface area contributed by atoms with E-state index in [1.54, 1.807) is 6.07 Å². The minimum atomic E-state index is -0.0978. The van der Waals surface area contributed by atoms with Gasteiger partial charge in [0.1, 0.15) is 5.75 Å². The lowest BCUT2D eigenvalue weighted by molar-refractivity contribution is -0.0956. The number of aryl methyl sites for hydroxylation is 2. The van der Waals surface area contributed by atoms with E-state index in [1.807, 2.05) is 11.0 Å². The van der Waals surface area contributed by atoms with E-state index in [-0.39, 0.29) is 17.9 Å². The summed E-state index contributed by atoms with van der Waals surface area (Å²) in [5.74, 6) is 0.450. The molecular weight excluding hydrogens is 306 g/mol. The third kappa shape index (κ3) is 3.03. The van der Waals surface area contributed by atoms with E-state index in [0.717, 1.165) is 32.1 Å². The summed E-state index contributed by atoms with van der Waals surface area (Å²) in [6.07, 6.45) is 6.03. The first kappa shape index (κ1) is 15.9. The smallest absolute Gasteiger partial charge is 0.257 e. The summed E-state index contributed by atoms with van der Waals surface area (Å²) >= 11 is 0. The number of hydrogen-bond acceptors (Lipinski definition) is 4. The minimum absolute atomic E-state index is 0.0485. The summed E-state index contributed by atoms with van der Waals surface area (Å²) in [6.45, 7) is 2.74. The fourth-order valence-corrected chi connectivity index (χ4v) is 4.14. The van der Waals surface area contributed by atoms with Crippen molar-refractivity contribution in [2.24, 2.45) is 5.92 Å². The molecule has 24 heavy (non-hydrogen) atoms. The van der Waals surface area contributed by atoms with Crippen molar-refractivity contribution >= 4 is 5.91 Å². The van der Waals surface area contributed by atoms with Gasteiger partial charge in [0.2, 0.25) is 0 Å². The summed E-state index contributed by atoms with van der Waals surface area (Å²) in [6, 6.07) is 3.72. The van der Waals surface area contributed by atoms with Crippen LogP contribution in [0.3, 0.4) is 0 Å². The van der Waals surface area contributed by atoms with Gasteiger partial charge in [0.25, 0.3) is 5.91 Å². The van der Waals surface area contributed by atoms with E-state index in [9.17, 15) is 9.90 Å². The topological polar surface area (TPSA) is 59.0 Å². The molecule has 130 valence electrons. The molecule has 1 aliphatic carbocycles. The standard InChI is InChI=1S/C19H25NO4/c21-17-12-15-4-2-1-3-14(15)11-16(17)18(22)20-7-5-13(6-8-20)19-23-9-10-24-19/h11-13,19,21H,1-10H2. The van der Waals surface area contributed by atoms with Crippen LogP contribution < -0.4 is 0 Å². The van der Waals surface area contributed by atoms with Crippen molar-refractivity contribution in [1.29, 1.82) is 0 Å². The summed E-state index contributed by atoms with van der Waals surface area (Å²) in [5.41, 5.74) is 2.89. The number of carbonyl (C=O) groups excluding carboxylic acids is 1. The maximum atomic E-state index is 12.8. The van der Waals surface area contributed by atoms with Crippen LogP contribution in [0.4, 0.5) is 0 Å². The van der Waals surface area contributed by atoms with Gasteiger partial charge in [-0.2, -0.15) is 0 Å². The van der Waals surface area contributed by atoms with Gasteiger partial charge in [-0.05, 0) is 61.8 Å². The zero-order valence-corrected chi connectivity index (χ0v) is 14.0. The molecule has 1 aromatic carbocycles. The highest BCUT2D eigenvalue weighted by atomic mass is 16.7. The van der Waals surface area contributed by atoms with Crippen LogP contribution in [0.5, 0.6) is 5.75 Å². The van der Waals surface area contributed by atoms with Crippen LogP contribution >= 0.6 is 0 Å². The Balaban J connectivity index is 1.44. The lowest BCUT2D eigenvalue weighted by Gasteiger charge is -2.34. The SMILES string of the molecule is O=C(c1cc2c(cc1O)CCCC2)N1CCC(C2OCCO2)CC1. The van der Waals surface area contributed by atoms with Crippen LogP contribution in [-0.4, -0.2) is 48.5 Å². The largest absolute Gasteiger partial charge is 0.507 e. The molecule has 1 aromatic rings. The number of ether oxygens (including phenoxy) is 2. The number of nitrogens with zero attached hydrogens (tertiary/aromatic N) is 1. The maximum Gasteiger partial charge on any atom is 0.257 e. The highest BCUT2D eigenvalue weighted by Gasteiger charge is 2.32. The van der Waals surface area contributed by atoms with Crippen LogP contribution in [0.25, 0.3) is 0 Å². The predicted octanol–water partition coefficient (Wildman–Crippen LogP) is 2.50. The number of benzene rings is 1.